The van der Waals surface area contributed by atoms with Crippen LogP contribution in [-0.2, 0) is 12.6 Å². The molecule has 0 saturated heterocycles. The second kappa shape index (κ2) is 6.57. The van der Waals surface area contributed by atoms with Crippen LogP contribution in [0.15, 0.2) is 12.1 Å². The van der Waals surface area contributed by atoms with E-state index in [1.807, 2.05) is 0 Å². The molecule has 124 valence electrons. The van der Waals surface area contributed by atoms with Crippen molar-refractivity contribution in [2.45, 2.75) is 64.1 Å². The molecule has 1 aromatic rings. The first-order valence-corrected chi connectivity index (χ1v) is 7.85. The number of halogens is 4. The molecule has 0 amide bonds. The fraction of sp³-hybridized carbons (Fsp3) is 0.647. The van der Waals surface area contributed by atoms with Gasteiger partial charge < -0.3 is 5.73 Å². The molecule has 1 aromatic carbocycles. The van der Waals surface area contributed by atoms with Crippen LogP contribution in [0.4, 0.5) is 17.6 Å². The van der Waals surface area contributed by atoms with Crippen LogP contribution >= 0.6 is 0 Å². The second-order valence-electron chi connectivity index (χ2n) is 6.59. The molecule has 1 aliphatic rings. The number of hydrogen-bond acceptors (Lipinski definition) is 1. The molecule has 5 heteroatoms. The van der Waals surface area contributed by atoms with Crippen LogP contribution in [0, 0.1) is 11.7 Å². The van der Waals surface area contributed by atoms with Gasteiger partial charge in [-0.1, -0.05) is 19.9 Å². The number of rotatable bonds is 6. The second-order valence-corrected chi connectivity index (χ2v) is 6.59. The smallest absolute Gasteiger partial charge is 0.327 e. The predicted molar refractivity (Wildman–Crippen MR) is 79.1 cm³/mol. The van der Waals surface area contributed by atoms with Crippen molar-refractivity contribution in [2.75, 3.05) is 0 Å². The normalized spacial score (nSPS) is 17.1. The molecule has 0 aromatic heterocycles. The molecule has 0 unspecified atom stereocenters. The summed E-state index contributed by atoms with van der Waals surface area (Å²) in [5.74, 6) is -0.833. The largest absolute Gasteiger partial charge is 0.419 e. The molecular formula is C17H23F4N. The summed E-state index contributed by atoms with van der Waals surface area (Å²) in [4.78, 5) is 0. The predicted octanol–water partition coefficient (Wildman–Crippen LogP) is 5.03. The Kier molecular flexibility index (Phi) is 5.15. The maximum Gasteiger partial charge on any atom is 0.419 e. The van der Waals surface area contributed by atoms with E-state index >= 15 is 0 Å². The summed E-state index contributed by atoms with van der Waals surface area (Å²) >= 11 is 0. The molecule has 1 atom stereocenters. The molecule has 1 aliphatic carbocycles. The molecule has 0 bridgehead atoms. The minimum Gasteiger partial charge on any atom is -0.327 e. The standard InChI is InChI=1S/C17H23F4N/c1-10(2)13-8-11(4-3-5-15(22)12-6-7-12)9-14(16(13)18)17(19,20)21/h8-10,12,15H,3-7,22H2,1-2H3/t15-/m1/s1. The van der Waals surface area contributed by atoms with Crippen LogP contribution in [0.2, 0.25) is 0 Å². The van der Waals surface area contributed by atoms with Crippen molar-refractivity contribution < 1.29 is 17.6 Å². The average molecular weight is 317 g/mol. The Morgan fingerprint density at radius 1 is 1.23 bits per heavy atom. The Labute approximate surface area is 128 Å². The first-order chi connectivity index (χ1) is 10.2. The van der Waals surface area contributed by atoms with Crippen molar-refractivity contribution in [1.82, 2.24) is 0 Å². The minimum absolute atomic E-state index is 0.135. The highest BCUT2D eigenvalue weighted by Gasteiger charge is 2.36. The van der Waals surface area contributed by atoms with Crippen molar-refractivity contribution in [2.24, 2.45) is 11.7 Å². The Balaban J connectivity index is 2.14. The van der Waals surface area contributed by atoms with Gasteiger partial charge in [0.25, 0.3) is 0 Å². The highest BCUT2D eigenvalue weighted by atomic mass is 19.4. The van der Waals surface area contributed by atoms with Gasteiger partial charge >= 0.3 is 6.18 Å². The van der Waals surface area contributed by atoms with E-state index in [0.717, 1.165) is 31.7 Å². The summed E-state index contributed by atoms with van der Waals surface area (Å²) in [6.07, 6.45) is -0.295. The van der Waals surface area contributed by atoms with Crippen LogP contribution in [0.1, 0.15) is 62.1 Å². The summed E-state index contributed by atoms with van der Waals surface area (Å²) in [6.45, 7) is 3.40. The SMILES string of the molecule is CC(C)c1cc(CCC[C@@H](N)C2CC2)cc(C(F)(F)F)c1F. The van der Waals surface area contributed by atoms with E-state index in [4.69, 9.17) is 5.73 Å². The van der Waals surface area contributed by atoms with Gasteiger partial charge in [-0.2, -0.15) is 13.2 Å². The van der Waals surface area contributed by atoms with Gasteiger partial charge in [-0.3, -0.25) is 0 Å². The number of aryl methyl sites for hydroxylation is 1. The fourth-order valence-electron chi connectivity index (χ4n) is 2.78. The number of hydrogen-bond donors (Lipinski definition) is 1. The Morgan fingerprint density at radius 3 is 2.36 bits per heavy atom. The van der Waals surface area contributed by atoms with E-state index in [9.17, 15) is 17.6 Å². The summed E-state index contributed by atoms with van der Waals surface area (Å²) in [5.41, 5.74) is 5.53. The Morgan fingerprint density at radius 2 is 1.86 bits per heavy atom. The zero-order valence-electron chi connectivity index (χ0n) is 13.0. The van der Waals surface area contributed by atoms with Crippen LogP contribution in [0.5, 0.6) is 0 Å². The van der Waals surface area contributed by atoms with E-state index in [-0.39, 0.29) is 17.5 Å². The molecule has 22 heavy (non-hydrogen) atoms. The van der Waals surface area contributed by atoms with Crippen LogP contribution in [0.3, 0.4) is 0 Å². The Bertz CT molecular complexity index is 518. The topological polar surface area (TPSA) is 26.0 Å². The maximum absolute atomic E-state index is 14.0. The highest BCUT2D eigenvalue weighted by molar-refractivity contribution is 5.35. The van der Waals surface area contributed by atoms with E-state index in [1.165, 1.54) is 0 Å². The van der Waals surface area contributed by atoms with Gasteiger partial charge in [-0.15, -0.1) is 0 Å². The molecule has 2 rings (SSSR count). The molecule has 1 nitrogen and oxygen atoms in total. The Hall–Kier alpha value is -1.10. The lowest BCUT2D eigenvalue weighted by Gasteiger charge is -2.17. The number of alkyl halides is 3. The summed E-state index contributed by atoms with van der Waals surface area (Å²) in [5, 5.41) is 0. The first-order valence-electron chi connectivity index (χ1n) is 7.85. The van der Waals surface area contributed by atoms with Gasteiger partial charge in [-0.05, 0) is 61.1 Å². The summed E-state index contributed by atoms with van der Waals surface area (Å²) < 4.78 is 53.0. The van der Waals surface area contributed by atoms with Gasteiger partial charge in [0.1, 0.15) is 5.82 Å². The zero-order valence-corrected chi connectivity index (χ0v) is 13.0. The summed E-state index contributed by atoms with van der Waals surface area (Å²) in [7, 11) is 0. The third kappa shape index (κ3) is 4.22. The zero-order chi connectivity index (χ0) is 16.5. The molecule has 1 saturated carbocycles. The van der Waals surface area contributed by atoms with Crippen molar-refractivity contribution in [3.63, 3.8) is 0 Å². The third-order valence-electron chi connectivity index (χ3n) is 4.32. The van der Waals surface area contributed by atoms with E-state index in [1.54, 1.807) is 19.9 Å². The van der Waals surface area contributed by atoms with Crippen molar-refractivity contribution >= 4 is 0 Å². The lowest BCUT2D eigenvalue weighted by Crippen LogP contribution is -2.22. The molecule has 2 N–H and O–H groups in total. The van der Waals surface area contributed by atoms with Gasteiger partial charge in [-0.25, -0.2) is 4.39 Å². The van der Waals surface area contributed by atoms with Crippen LogP contribution in [0.25, 0.3) is 0 Å². The van der Waals surface area contributed by atoms with E-state index in [2.05, 4.69) is 0 Å². The monoisotopic (exact) mass is 317 g/mol. The van der Waals surface area contributed by atoms with Gasteiger partial charge in [0.2, 0.25) is 0 Å². The average Bonchev–Trinajstić information content (AvgIpc) is 3.22. The van der Waals surface area contributed by atoms with Crippen molar-refractivity contribution in [3.8, 4) is 0 Å². The molecule has 0 aliphatic heterocycles. The number of benzene rings is 1. The van der Waals surface area contributed by atoms with Gasteiger partial charge in [0.15, 0.2) is 0 Å². The van der Waals surface area contributed by atoms with Crippen LogP contribution in [-0.4, -0.2) is 6.04 Å². The molecule has 0 radical (unpaired) electrons. The molecule has 0 heterocycles. The number of nitrogens with two attached hydrogens (primary N) is 1. The highest BCUT2D eigenvalue weighted by Crippen LogP contribution is 2.36. The molecule has 1 fully saturated rings. The minimum atomic E-state index is -4.66. The summed E-state index contributed by atoms with van der Waals surface area (Å²) in [6, 6.07) is 2.66. The lowest BCUT2D eigenvalue weighted by molar-refractivity contribution is -0.140. The van der Waals surface area contributed by atoms with Crippen molar-refractivity contribution in [1.29, 1.82) is 0 Å². The maximum atomic E-state index is 14.0. The fourth-order valence-corrected chi connectivity index (χ4v) is 2.78. The lowest BCUT2D eigenvalue weighted by atomic mass is 9.94. The molecule has 0 spiro atoms. The van der Waals surface area contributed by atoms with Crippen molar-refractivity contribution in [3.05, 3.63) is 34.6 Å². The third-order valence-corrected chi connectivity index (χ3v) is 4.32. The van der Waals surface area contributed by atoms with E-state index < -0.39 is 17.6 Å². The quantitative estimate of drug-likeness (QED) is 0.732. The van der Waals surface area contributed by atoms with Gasteiger partial charge in [0.05, 0.1) is 5.56 Å². The van der Waals surface area contributed by atoms with E-state index in [0.29, 0.717) is 17.9 Å². The first kappa shape index (κ1) is 17.3. The van der Waals surface area contributed by atoms with Gasteiger partial charge in [0, 0.05) is 6.04 Å². The van der Waals surface area contributed by atoms with Crippen LogP contribution < -0.4 is 5.73 Å². The molecular weight excluding hydrogens is 294 g/mol.